The van der Waals surface area contributed by atoms with E-state index in [1.807, 2.05) is 41.0 Å². The van der Waals surface area contributed by atoms with Crippen molar-refractivity contribution >= 4 is 45.8 Å². The number of rotatable bonds is 7. The summed E-state index contributed by atoms with van der Waals surface area (Å²) in [5.41, 5.74) is 1.68. The normalized spacial score (nSPS) is 12.3. The van der Waals surface area contributed by atoms with E-state index < -0.39 is 6.10 Å². The van der Waals surface area contributed by atoms with Gasteiger partial charge >= 0.3 is 0 Å². The summed E-state index contributed by atoms with van der Waals surface area (Å²) in [5, 5.41) is 12.6. The third-order valence-corrected chi connectivity index (χ3v) is 5.17. The third kappa shape index (κ3) is 4.35. The number of likely N-dealkylation sites (N-methyl/N-ethyl adjacent to an activating group) is 1. The fraction of sp³-hybridized carbons (Fsp3) is 0.333. The quantitative estimate of drug-likeness (QED) is 0.647. The van der Waals surface area contributed by atoms with Gasteiger partial charge in [0.25, 0.3) is 0 Å². The zero-order chi connectivity index (χ0) is 18.7. The van der Waals surface area contributed by atoms with Crippen molar-refractivity contribution in [3.63, 3.8) is 0 Å². The lowest BCUT2D eigenvalue weighted by Gasteiger charge is -2.18. The predicted molar refractivity (Wildman–Crippen MR) is 106 cm³/mol. The number of aliphatic hydroxyl groups excluding tert-OH is 1. The molecule has 26 heavy (non-hydrogen) atoms. The molecule has 1 atom stereocenters. The highest BCUT2D eigenvalue weighted by atomic mass is 35.5. The van der Waals surface area contributed by atoms with E-state index in [9.17, 15) is 9.90 Å². The Morgan fingerprint density at radius 2 is 2.15 bits per heavy atom. The van der Waals surface area contributed by atoms with Crippen LogP contribution in [0.1, 0.15) is 11.8 Å². The van der Waals surface area contributed by atoms with Crippen LogP contribution in [0.4, 0.5) is 5.95 Å². The second-order valence-electron chi connectivity index (χ2n) is 6.20. The SMILES string of the molecule is CC(O)CNc1nc2ccccc2n1CC(=O)N(C)Cc1ccc(Cl)s1. The molecular weight excluding hydrogens is 372 g/mol. The Morgan fingerprint density at radius 1 is 1.38 bits per heavy atom. The van der Waals surface area contributed by atoms with Crippen molar-refractivity contribution in [1.29, 1.82) is 0 Å². The van der Waals surface area contributed by atoms with Gasteiger partial charge in [0.1, 0.15) is 6.54 Å². The summed E-state index contributed by atoms with van der Waals surface area (Å²) in [4.78, 5) is 20.0. The molecule has 2 N–H and O–H groups in total. The highest BCUT2D eigenvalue weighted by Gasteiger charge is 2.17. The first-order valence-corrected chi connectivity index (χ1v) is 9.49. The van der Waals surface area contributed by atoms with Crippen LogP contribution < -0.4 is 5.32 Å². The molecule has 6 nitrogen and oxygen atoms in total. The molecule has 0 bridgehead atoms. The van der Waals surface area contributed by atoms with Gasteiger partial charge in [0.15, 0.2) is 0 Å². The van der Waals surface area contributed by atoms with Gasteiger partial charge in [0, 0.05) is 18.5 Å². The molecule has 2 heterocycles. The molecule has 2 aromatic heterocycles. The van der Waals surface area contributed by atoms with Crippen LogP contribution in [0.25, 0.3) is 11.0 Å². The number of imidazole rings is 1. The Kier molecular flexibility index (Phi) is 5.80. The molecular formula is C18H21ClN4O2S. The number of nitrogens with zero attached hydrogens (tertiary/aromatic N) is 3. The van der Waals surface area contributed by atoms with E-state index >= 15 is 0 Å². The van der Waals surface area contributed by atoms with E-state index in [1.54, 1.807) is 18.9 Å². The summed E-state index contributed by atoms with van der Waals surface area (Å²) in [6.45, 7) is 2.74. The molecule has 3 aromatic rings. The summed E-state index contributed by atoms with van der Waals surface area (Å²) < 4.78 is 2.56. The zero-order valence-electron chi connectivity index (χ0n) is 14.6. The topological polar surface area (TPSA) is 70.4 Å². The number of carbonyl (C=O) groups is 1. The summed E-state index contributed by atoms with van der Waals surface area (Å²) in [5.74, 6) is 0.547. The summed E-state index contributed by atoms with van der Waals surface area (Å²) in [6.07, 6.45) is -0.509. The molecule has 0 spiro atoms. The number of fused-ring (bicyclic) bond motifs is 1. The third-order valence-electron chi connectivity index (χ3n) is 3.95. The average Bonchev–Trinajstić information content (AvgIpc) is 3.16. The Labute approximate surface area is 161 Å². The van der Waals surface area contributed by atoms with Gasteiger partial charge in [-0.25, -0.2) is 4.98 Å². The van der Waals surface area contributed by atoms with E-state index in [-0.39, 0.29) is 12.5 Å². The van der Waals surface area contributed by atoms with Gasteiger partial charge in [0.05, 0.1) is 28.0 Å². The molecule has 8 heteroatoms. The molecule has 1 aromatic carbocycles. The van der Waals surface area contributed by atoms with Crippen molar-refractivity contribution < 1.29 is 9.90 Å². The number of halogens is 1. The van der Waals surface area contributed by atoms with Gasteiger partial charge in [-0.1, -0.05) is 23.7 Å². The van der Waals surface area contributed by atoms with Crippen molar-refractivity contribution in [3.8, 4) is 0 Å². The van der Waals surface area contributed by atoms with Crippen LogP contribution in [-0.4, -0.2) is 45.2 Å². The molecule has 138 valence electrons. The maximum atomic E-state index is 12.7. The van der Waals surface area contributed by atoms with Gasteiger partial charge in [-0.05, 0) is 31.2 Å². The van der Waals surface area contributed by atoms with E-state index in [0.29, 0.717) is 23.4 Å². The number of aliphatic hydroxyl groups is 1. The molecule has 0 saturated heterocycles. The predicted octanol–water partition coefficient (Wildman–Crippen LogP) is 3.20. The standard InChI is InChI=1S/C18H21ClN4O2S/c1-12(24)9-20-18-21-14-5-3-4-6-15(14)23(18)11-17(25)22(2)10-13-7-8-16(19)26-13/h3-8,12,24H,9-11H2,1-2H3,(H,20,21). The summed E-state index contributed by atoms with van der Waals surface area (Å²) in [6, 6.07) is 11.4. The first-order chi connectivity index (χ1) is 12.4. The van der Waals surface area contributed by atoms with Crippen molar-refractivity contribution in [1.82, 2.24) is 14.5 Å². The van der Waals surface area contributed by atoms with Gasteiger partial charge in [-0.3, -0.25) is 4.79 Å². The Bertz CT molecular complexity index is 906. The van der Waals surface area contributed by atoms with Crippen molar-refractivity contribution in [2.75, 3.05) is 18.9 Å². The Balaban J connectivity index is 1.79. The minimum absolute atomic E-state index is 0.0298. The van der Waals surface area contributed by atoms with Crippen LogP contribution in [0.5, 0.6) is 0 Å². The van der Waals surface area contributed by atoms with Crippen LogP contribution in [0.2, 0.25) is 4.34 Å². The lowest BCUT2D eigenvalue weighted by molar-refractivity contribution is -0.130. The highest BCUT2D eigenvalue weighted by molar-refractivity contribution is 7.16. The molecule has 1 amide bonds. The number of hydrogen-bond acceptors (Lipinski definition) is 5. The molecule has 1 unspecified atom stereocenters. The van der Waals surface area contributed by atoms with Crippen LogP contribution >= 0.6 is 22.9 Å². The molecule has 3 rings (SSSR count). The van der Waals surface area contributed by atoms with Gasteiger partial charge in [0.2, 0.25) is 11.9 Å². The van der Waals surface area contributed by atoms with Crippen LogP contribution in [0, 0.1) is 0 Å². The second kappa shape index (κ2) is 8.07. The molecule has 0 saturated carbocycles. The zero-order valence-corrected chi connectivity index (χ0v) is 16.2. The lowest BCUT2D eigenvalue weighted by Crippen LogP contribution is -2.30. The number of carbonyl (C=O) groups excluding carboxylic acids is 1. The van der Waals surface area contributed by atoms with E-state index in [0.717, 1.165) is 15.9 Å². The maximum absolute atomic E-state index is 12.7. The largest absolute Gasteiger partial charge is 0.392 e. The number of para-hydroxylation sites is 2. The van der Waals surface area contributed by atoms with Crippen LogP contribution in [-0.2, 0) is 17.9 Å². The highest BCUT2D eigenvalue weighted by Crippen LogP contribution is 2.23. The number of nitrogens with one attached hydrogen (secondary N) is 1. The van der Waals surface area contributed by atoms with Crippen molar-refractivity contribution in [2.45, 2.75) is 26.1 Å². The molecule has 0 aliphatic carbocycles. The van der Waals surface area contributed by atoms with E-state index in [4.69, 9.17) is 11.6 Å². The minimum atomic E-state index is -0.509. The van der Waals surface area contributed by atoms with Crippen molar-refractivity contribution in [2.24, 2.45) is 0 Å². The number of aromatic nitrogens is 2. The molecule has 0 radical (unpaired) electrons. The van der Waals surface area contributed by atoms with Crippen molar-refractivity contribution in [3.05, 3.63) is 45.6 Å². The Hall–Kier alpha value is -2.09. The van der Waals surface area contributed by atoms with Gasteiger partial charge in [-0.15, -0.1) is 11.3 Å². The number of anilines is 1. The number of benzene rings is 1. The average molecular weight is 393 g/mol. The Morgan fingerprint density at radius 3 is 2.85 bits per heavy atom. The first-order valence-electron chi connectivity index (χ1n) is 8.29. The first kappa shape index (κ1) is 18.7. The number of hydrogen-bond donors (Lipinski definition) is 2. The number of amides is 1. The van der Waals surface area contributed by atoms with Gasteiger partial charge < -0.3 is 19.9 Å². The molecule has 0 aliphatic rings. The summed E-state index contributed by atoms with van der Waals surface area (Å²) in [7, 11) is 1.78. The fourth-order valence-electron chi connectivity index (χ4n) is 2.62. The number of thiophene rings is 1. The maximum Gasteiger partial charge on any atom is 0.242 e. The van der Waals surface area contributed by atoms with E-state index in [1.165, 1.54) is 11.3 Å². The van der Waals surface area contributed by atoms with Crippen LogP contribution in [0.15, 0.2) is 36.4 Å². The smallest absolute Gasteiger partial charge is 0.242 e. The van der Waals surface area contributed by atoms with Crippen LogP contribution in [0.3, 0.4) is 0 Å². The monoisotopic (exact) mass is 392 g/mol. The second-order valence-corrected chi connectivity index (χ2v) is 8.00. The molecule has 0 fully saturated rings. The summed E-state index contributed by atoms with van der Waals surface area (Å²) >= 11 is 7.43. The van der Waals surface area contributed by atoms with E-state index in [2.05, 4.69) is 10.3 Å². The lowest BCUT2D eigenvalue weighted by atomic mass is 10.3. The molecule has 0 aliphatic heterocycles. The minimum Gasteiger partial charge on any atom is -0.392 e. The fourth-order valence-corrected chi connectivity index (χ4v) is 3.77. The van der Waals surface area contributed by atoms with Gasteiger partial charge in [-0.2, -0.15) is 0 Å².